The molecule has 1 N–H and O–H groups in total. The number of hydrogen-bond donors (Lipinski definition) is 1. The molecule has 0 heterocycles. The maximum atomic E-state index is 14.1. The van der Waals surface area contributed by atoms with Crippen molar-refractivity contribution in [3.05, 3.63) is 100 Å². The number of halogens is 6. The first-order valence-electron chi connectivity index (χ1n) is 13.6. The molecule has 3 rings (SSSR count). The molecule has 0 amide bonds. The quantitative estimate of drug-likeness (QED) is 0.116. The lowest BCUT2D eigenvalue weighted by atomic mass is 9.92. The number of allylic oxidation sites excluding steroid dienone is 1. The van der Waals surface area contributed by atoms with E-state index in [2.05, 4.69) is 0 Å². The third kappa shape index (κ3) is 10.2. The van der Waals surface area contributed by atoms with E-state index >= 15 is 0 Å². The molecule has 0 bridgehead atoms. The van der Waals surface area contributed by atoms with E-state index in [1.807, 2.05) is 0 Å². The molecule has 0 aliphatic carbocycles. The Labute approximate surface area is 240 Å². The number of unbranched alkanes of at least 4 members (excludes halogenated alkanes) is 1. The van der Waals surface area contributed by atoms with Gasteiger partial charge < -0.3 is 14.6 Å². The second-order valence-electron chi connectivity index (χ2n) is 9.76. The van der Waals surface area contributed by atoms with Gasteiger partial charge in [0.2, 0.25) is 0 Å². The molecule has 0 fully saturated rings. The molecule has 3 aromatic rings. The SMILES string of the molecule is CCOC(=O)CCCCC(/C=C/c1cc(F)ccc1OCCc1ccc(C(F)(F)F)cc1)Cc1cc(F)c(O)c(F)c1. The van der Waals surface area contributed by atoms with Crippen molar-refractivity contribution in [2.75, 3.05) is 13.2 Å². The number of alkyl halides is 3. The molecular weight excluding hydrogens is 562 g/mol. The summed E-state index contributed by atoms with van der Waals surface area (Å²) in [4.78, 5) is 11.7. The van der Waals surface area contributed by atoms with Crippen LogP contribution in [-0.2, 0) is 28.5 Å². The standard InChI is InChI=1S/C32H32F6O4/c1-2-41-30(39)6-4-3-5-22(17-23-18-27(34)31(40)28(35)19-23)7-10-24-20-26(33)13-14-29(24)42-16-15-21-8-11-25(12-9-21)32(36,37)38/h7-14,18-20,22,40H,2-6,15-17H2,1H3/b10-7+. The normalized spacial score (nSPS) is 12.5. The van der Waals surface area contributed by atoms with Crippen LogP contribution in [0.4, 0.5) is 26.3 Å². The van der Waals surface area contributed by atoms with Crippen molar-refractivity contribution >= 4 is 12.0 Å². The highest BCUT2D eigenvalue weighted by Crippen LogP contribution is 2.30. The largest absolute Gasteiger partial charge is 0.503 e. The molecule has 0 saturated heterocycles. The molecule has 1 unspecified atom stereocenters. The molecule has 3 aromatic carbocycles. The van der Waals surface area contributed by atoms with Gasteiger partial charge in [-0.3, -0.25) is 4.79 Å². The van der Waals surface area contributed by atoms with Crippen LogP contribution in [-0.4, -0.2) is 24.3 Å². The average Bonchev–Trinajstić information content (AvgIpc) is 2.93. The highest BCUT2D eigenvalue weighted by atomic mass is 19.4. The van der Waals surface area contributed by atoms with Gasteiger partial charge in [0.25, 0.3) is 0 Å². The summed E-state index contributed by atoms with van der Waals surface area (Å²) in [6, 6.07) is 10.8. The van der Waals surface area contributed by atoms with Crippen LogP contribution >= 0.6 is 0 Å². The van der Waals surface area contributed by atoms with Crippen LogP contribution in [0.5, 0.6) is 11.5 Å². The second kappa shape index (κ2) is 15.3. The van der Waals surface area contributed by atoms with E-state index in [1.165, 1.54) is 30.3 Å². The van der Waals surface area contributed by atoms with E-state index < -0.39 is 34.9 Å². The summed E-state index contributed by atoms with van der Waals surface area (Å²) in [5.74, 6) is -3.96. The van der Waals surface area contributed by atoms with Crippen molar-refractivity contribution in [2.45, 2.75) is 51.6 Å². The molecule has 226 valence electrons. The van der Waals surface area contributed by atoms with Crippen molar-refractivity contribution in [3.63, 3.8) is 0 Å². The van der Waals surface area contributed by atoms with Crippen LogP contribution in [0, 0.1) is 23.4 Å². The number of carbonyl (C=O) groups excluding carboxylic acids is 1. The predicted octanol–water partition coefficient (Wildman–Crippen LogP) is 8.45. The minimum Gasteiger partial charge on any atom is -0.503 e. The summed E-state index contributed by atoms with van der Waals surface area (Å²) in [6.07, 6.45) is 1.43. The fourth-order valence-corrected chi connectivity index (χ4v) is 4.37. The number of phenols is 1. The molecule has 42 heavy (non-hydrogen) atoms. The summed E-state index contributed by atoms with van der Waals surface area (Å²) in [5.41, 5.74) is 0.613. The van der Waals surface area contributed by atoms with Gasteiger partial charge >= 0.3 is 12.1 Å². The molecule has 10 heteroatoms. The number of esters is 1. The Balaban J connectivity index is 1.71. The maximum Gasteiger partial charge on any atom is 0.416 e. The van der Waals surface area contributed by atoms with Crippen LogP contribution in [0.1, 0.15) is 54.9 Å². The molecular formula is C32H32F6O4. The highest BCUT2D eigenvalue weighted by Gasteiger charge is 2.29. The minimum absolute atomic E-state index is 0.126. The van der Waals surface area contributed by atoms with Crippen LogP contribution in [0.2, 0.25) is 0 Å². The van der Waals surface area contributed by atoms with Crippen LogP contribution < -0.4 is 4.74 Å². The fourth-order valence-electron chi connectivity index (χ4n) is 4.37. The Morgan fingerprint density at radius 2 is 1.64 bits per heavy atom. The van der Waals surface area contributed by atoms with Crippen LogP contribution in [0.3, 0.4) is 0 Å². The molecule has 0 spiro atoms. The van der Waals surface area contributed by atoms with Crippen molar-refractivity contribution < 1.29 is 45.7 Å². The number of rotatable bonds is 14. The van der Waals surface area contributed by atoms with Gasteiger partial charge in [-0.1, -0.05) is 30.7 Å². The first kappa shape index (κ1) is 32.6. The summed E-state index contributed by atoms with van der Waals surface area (Å²) in [5, 5.41) is 9.43. The summed E-state index contributed by atoms with van der Waals surface area (Å²) in [7, 11) is 0. The van der Waals surface area contributed by atoms with E-state index in [4.69, 9.17) is 9.47 Å². The molecule has 0 aliphatic rings. The second-order valence-corrected chi connectivity index (χ2v) is 9.76. The van der Waals surface area contributed by atoms with Crippen molar-refractivity contribution in [1.29, 1.82) is 0 Å². The van der Waals surface area contributed by atoms with Gasteiger partial charge in [0.05, 0.1) is 18.8 Å². The molecule has 4 nitrogen and oxygen atoms in total. The van der Waals surface area contributed by atoms with Gasteiger partial charge in [0.1, 0.15) is 11.6 Å². The lowest BCUT2D eigenvalue weighted by Gasteiger charge is -2.15. The van der Waals surface area contributed by atoms with Gasteiger partial charge in [0, 0.05) is 18.4 Å². The molecule has 0 aromatic heterocycles. The Kier molecular flexibility index (Phi) is 11.9. The summed E-state index contributed by atoms with van der Waals surface area (Å²) in [6.45, 7) is 2.12. The molecule has 0 radical (unpaired) electrons. The predicted molar refractivity (Wildman–Crippen MR) is 146 cm³/mol. The monoisotopic (exact) mass is 594 g/mol. The first-order valence-corrected chi connectivity index (χ1v) is 13.6. The Morgan fingerprint density at radius 3 is 2.29 bits per heavy atom. The number of hydrogen-bond acceptors (Lipinski definition) is 4. The zero-order valence-corrected chi connectivity index (χ0v) is 23.0. The molecule has 0 aliphatic heterocycles. The minimum atomic E-state index is -4.42. The van der Waals surface area contributed by atoms with Gasteiger partial charge in [-0.2, -0.15) is 13.2 Å². The zero-order chi connectivity index (χ0) is 30.7. The van der Waals surface area contributed by atoms with Gasteiger partial charge in [-0.25, -0.2) is 13.2 Å². The van der Waals surface area contributed by atoms with Gasteiger partial charge in [0.15, 0.2) is 17.4 Å². The lowest BCUT2D eigenvalue weighted by molar-refractivity contribution is -0.143. The van der Waals surface area contributed by atoms with Crippen LogP contribution in [0.25, 0.3) is 6.08 Å². The fraction of sp³-hybridized carbons (Fsp3) is 0.344. The van der Waals surface area contributed by atoms with Crippen molar-refractivity contribution in [3.8, 4) is 11.5 Å². The van der Waals surface area contributed by atoms with E-state index in [9.17, 15) is 36.2 Å². The Hall–Kier alpha value is -3.95. The Morgan fingerprint density at radius 1 is 0.952 bits per heavy atom. The molecule has 0 saturated carbocycles. The van der Waals surface area contributed by atoms with E-state index in [0.29, 0.717) is 48.1 Å². The number of phenolic OH excluding ortho intramolecular Hbond substituents is 1. The maximum absolute atomic E-state index is 14.1. The summed E-state index contributed by atoms with van der Waals surface area (Å²) < 4.78 is 91.2. The topological polar surface area (TPSA) is 55.8 Å². The number of carbonyl (C=O) groups is 1. The Bertz CT molecular complexity index is 1330. The lowest BCUT2D eigenvalue weighted by Crippen LogP contribution is -2.06. The highest BCUT2D eigenvalue weighted by molar-refractivity contribution is 5.69. The number of benzene rings is 3. The number of ether oxygens (including phenoxy) is 2. The van der Waals surface area contributed by atoms with Crippen LogP contribution in [0.15, 0.2) is 60.7 Å². The third-order valence-corrected chi connectivity index (χ3v) is 6.54. The third-order valence-electron chi connectivity index (χ3n) is 6.54. The van der Waals surface area contributed by atoms with Gasteiger partial charge in [-0.15, -0.1) is 0 Å². The van der Waals surface area contributed by atoms with Crippen molar-refractivity contribution in [1.82, 2.24) is 0 Å². The number of aromatic hydroxyl groups is 1. The van der Waals surface area contributed by atoms with Crippen molar-refractivity contribution in [2.24, 2.45) is 5.92 Å². The zero-order valence-electron chi connectivity index (χ0n) is 23.0. The van der Waals surface area contributed by atoms with E-state index in [0.717, 1.165) is 24.3 Å². The first-order chi connectivity index (χ1) is 20.0. The van der Waals surface area contributed by atoms with E-state index in [1.54, 1.807) is 19.1 Å². The summed E-state index contributed by atoms with van der Waals surface area (Å²) >= 11 is 0. The average molecular weight is 595 g/mol. The van der Waals surface area contributed by atoms with E-state index in [-0.39, 0.29) is 37.9 Å². The molecule has 1 atom stereocenters. The smallest absolute Gasteiger partial charge is 0.416 e. The van der Waals surface area contributed by atoms with Gasteiger partial charge in [-0.05, 0) is 85.7 Å².